The lowest BCUT2D eigenvalue weighted by molar-refractivity contribution is -0.139. The van der Waals surface area contributed by atoms with Crippen LogP contribution in [0.4, 0.5) is 0 Å². The van der Waals surface area contributed by atoms with E-state index in [1.807, 2.05) is 11.9 Å². The first-order valence-electron chi connectivity index (χ1n) is 9.58. The Morgan fingerprint density at radius 3 is 2.40 bits per heavy atom. The molecule has 138 valence electrons. The quantitative estimate of drug-likeness (QED) is 0.415. The molecule has 4 aliphatic rings. The van der Waals surface area contributed by atoms with Gasteiger partial charge in [-0.3, -0.25) is 4.79 Å². The zero-order valence-corrected chi connectivity index (χ0v) is 19.1. The van der Waals surface area contributed by atoms with Gasteiger partial charge in [-0.05, 0) is 22.7 Å². The second kappa shape index (κ2) is 5.81. The van der Waals surface area contributed by atoms with Crippen LogP contribution < -0.4 is 0 Å². The van der Waals surface area contributed by atoms with Crippen molar-refractivity contribution in [1.82, 2.24) is 4.90 Å². The van der Waals surface area contributed by atoms with E-state index in [-0.39, 0.29) is 11.9 Å². The summed E-state index contributed by atoms with van der Waals surface area (Å²) in [5.74, 6) is 0.216. The maximum Gasteiger partial charge on any atom is 0.239 e. The minimum atomic E-state index is -2.26. The summed E-state index contributed by atoms with van der Waals surface area (Å²) in [7, 11) is -1.80. The van der Waals surface area contributed by atoms with Crippen molar-refractivity contribution in [3.8, 4) is 0 Å². The fraction of sp³-hybridized carbons (Fsp3) is 0.700. The van der Waals surface area contributed by atoms with Crippen LogP contribution in [0.25, 0.3) is 0 Å². The summed E-state index contributed by atoms with van der Waals surface area (Å²) >= 11 is 0. The molecule has 3 nitrogen and oxygen atoms in total. The summed E-state index contributed by atoms with van der Waals surface area (Å²) in [6, 6.07) is 0.170. The van der Waals surface area contributed by atoms with Gasteiger partial charge in [-0.25, -0.2) is 0 Å². The third-order valence-corrected chi connectivity index (χ3v) is 14.0. The van der Waals surface area contributed by atoms with E-state index in [2.05, 4.69) is 65.2 Å². The van der Waals surface area contributed by atoms with Gasteiger partial charge >= 0.3 is 0 Å². The Labute approximate surface area is 155 Å². The normalized spacial score (nSPS) is 31.2. The largest absolute Gasteiger partial charge is 0.410 e. The minimum Gasteiger partial charge on any atom is -0.410 e. The van der Waals surface area contributed by atoms with E-state index < -0.39 is 21.8 Å². The number of carbonyl (C=O) groups is 1. The molecule has 3 aliphatic heterocycles. The van der Waals surface area contributed by atoms with Crippen LogP contribution in [-0.4, -0.2) is 46.9 Å². The van der Waals surface area contributed by atoms with E-state index in [0.29, 0.717) is 17.7 Å². The molecule has 4 rings (SSSR count). The van der Waals surface area contributed by atoms with Crippen LogP contribution in [0.15, 0.2) is 28.3 Å². The first-order valence-corrected chi connectivity index (χ1v) is 15.1. The van der Waals surface area contributed by atoms with Crippen LogP contribution in [0.3, 0.4) is 0 Å². The summed E-state index contributed by atoms with van der Waals surface area (Å²) in [4.78, 5) is 15.4. The Bertz CT molecular complexity index is 687. The Hall–Kier alpha value is -0.876. The molecule has 2 atom stereocenters. The highest BCUT2D eigenvalue weighted by molar-refractivity contribution is 6.85. The van der Waals surface area contributed by atoms with E-state index in [9.17, 15) is 4.79 Å². The van der Waals surface area contributed by atoms with Gasteiger partial charge in [0, 0.05) is 12.2 Å². The van der Waals surface area contributed by atoms with Gasteiger partial charge in [-0.1, -0.05) is 59.5 Å². The van der Waals surface area contributed by atoms with Gasteiger partial charge in [0.1, 0.15) is 5.41 Å². The van der Waals surface area contributed by atoms with Gasteiger partial charge in [0.25, 0.3) is 0 Å². The number of amides is 1. The maximum absolute atomic E-state index is 13.4. The molecule has 1 fully saturated rings. The van der Waals surface area contributed by atoms with Crippen molar-refractivity contribution in [2.75, 3.05) is 13.7 Å². The second-order valence-electron chi connectivity index (χ2n) is 9.64. The molecule has 0 aromatic carbocycles. The molecule has 0 N–H and O–H groups in total. The molecule has 2 bridgehead atoms. The minimum absolute atomic E-state index is 0.170. The smallest absolute Gasteiger partial charge is 0.239 e. The van der Waals surface area contributed by atoms with Crippen molar-refractivity contribution in [2.45, 2.75) is 70.9 Å². The van der Waals surface area contributed by atoms with Crippen molar-refractivity contribution in [2.24, 2.45) is 5.41 Å². The lowest BCUT2D eigenvalue weighted by Gasteiger charge is -2.43. The summed E-state index contributed by atoms with van der Waals surface area (Å²) in [5.41, 5.74) is 4.18. The fourth-order valence-corrected chi connectivity index (χ4v) is 11.4. The van der Waals surface area contributed by atoms with E-state index in [0.717, 1.165) is 6.42 Å². The van der Waals surface area contributed by atoms with Crippen LogP contribution in [0.5, 0.6) is 0 Å². The van der Waals surface area contributed by atoms with Gasteiger partial charge in [-0.15, -0.1) is 5.73 Å². The van der Waals surface area contributed by atoms with Crippen molar-refractivity contribution in [3.05, 3.63) is 28.3 Å². The summed E-state index contributed by atoms with van der Waals surface area (Å²) in [6.07, 6.45) is 5.36. The van der Waals surface area contributed by atoms with E-state index in [1.165, 1.54) is 10.4 Å². The molecular formula is C20H33NO2Si2. The van der Waals surface area contributed by atoms with E-state index in [4.69, 9.17) is 4.43 Å². The molecule has 1 amide bonds. The van der Waals surface area contributed by atoms with Gasteiger partial charge < -0.3 is 9.33 Å². The maximum atomic E-state index is 13.4. The molecule has 0 saturated carbocycles. The second-order valence-corrected chi connectivity index (χ2v) is 19.4. The monoisotopic (exact) mass is 375 g/mol. The molecule has 0 aromatic rings. The van der Waals surface area contributed by atoms with Gasteiger partial charge in [0.05, 0.1) is 20.7 Å². The first-order chi connectivity index (χ1) is 11.5. The molecule has 1 spiro atoms. The van der Waals surface area contributed by atoms with Gasteiger partial charge in [0.2, 0.25) is 14.2 Å². The Balaban J connectivity index is 2.39. The number of fused-ring (bicyclic) bond motifs is 2. The topological polar surface area (TPSA) is 29.5 Å². The first kappa shape index (κ1) is 18.9. The Morgan fingerprint density at radius 1 is 1.28 bits per heavy atom. The molecular weight excluding hydrogens is 342 g/mol. The number of likely N-dealkylation sites (N-methyl/N-ethyl adjacent to an activating group) is 1. The fourth-order valence-electron chi connectivity index (χ4n) is 4.86. The number of carbonyl (C=O) groups excluding carboxylic acids is 1. The molecule has 3 heterocycles. The SMILES string of the molecule is CC(C)[Si]1(C(C)C)OCC23C=CC(CC([Si](C)(C)C)=C=C21)N(C)C3=O. The zero-order chi connectivity index (χ0) is 18.8. The Kier molecular flexibility index (Phi) is 4.40. The third kappa shape index (κ3) is 2.51. The van der Waals surface area contributed by atoms with Crippen molar-refractivity contribution in [1.29, 1.82) is 0 Å². The number of rotatable bonds is 3. The molecule has 0 aromatic heterocycles. The highest BCUT2D eigenvalue weighted by Gasteiger charge is 2.63. The Morgan fingerprint density at radius 2 is 1.88 bits per heavy atom. The lowest BCUT2D eigenvalue weighted by Crippen LogP contribution is -2.54. The van der Waals surface area contributed by atoms with Crippen molar-refractivity contribution in [3.63, 3.8) is 0 Å². The van der Waals surface area contributed by atoms with Gasteiger partial charge in [-0.2, -0.15) is 0 Å². The predicted octanol–water partition coefficient (Wildman–Crippen LogP) is 4.44. The average molecular weight is 376 g/mol. The van der Waals surface area contributed by atoms with Crippen molar-refractivity contribution < 1.29 is 9.22 Å². The third-order valence-electron chi connectivity index (χ3n) is 6.49. The molecule has 1 saturated heterocycles. The average Bonchev–Trinajstić information content (AvgIpc) is 2.78. The molecule has 25 heavy (non-hydrogen) atoms. The number of hydrogen-bond donors (Lipinski definition) is 0. The molecule has 1 aliphatic carbocycles. The van der Waals surface area contributed by atoms with E-state index in [1.54, 1.807) is 0 Å². The lowest BCUT2D eigenvalue weighted by atomic mass is 9.81. The summed E-state index contributed by atoms with van der Waals surface area (Å²) in [6.45, 7) is 16.8. The molecule has 2 unspecified atom stereocenters. The van der Waals surface area contributed by atoms with Crippen LogP contribution >= 0.6 is 0 Å². The number of hydrogen-bond acceptors (Lipinski definition) is 2. The summed E-state index contributed by atoms with van der Waals surface area (Å²) < 4.78 is 6.66. The predicted molar refractivity (Wildman–Crippen MR) is 109 cm³/mol. The van der Waals surface area contributed by atoms with Crippen molar-refractivity contribution >= 4 is 22.3 Å². The van der Waals surface area contributed by atoms with Crippen LogP contribution in [0, 0.1) is 5.41 Å². The highest BCUT2D eigenvalue weighted by Crippen LogP contribution is 2.55. The van der Waals surface area contributed by atoms with Crippen LogP contribution in [0.1, 0.15) is 34.1 Å². The van der Waals surface area contributed by atoms with Crippen LogP contribution in [-0.2, 0) is 9.22 Å². The molecule has 5 heteroatoms. The highest BCUT2D eigenvalue weighted by atomic mass is 28.4. The zero-order valence-electron chi connectivity index (χ0n) is 17.1. The van der Waals surface area contributed by atoms with Gasteiger partial charge in [0.15, 0.2) is 0 Å². The molecule has 0 radical (unpaired) electrons. The summed E-state index contributed by atoms with van der Waals surface area (Å²) in [5, 5.41) is 2.69. The van der Waals surface area contributed by atoms with Crippen LogP contribution in [0.2, 0.25) is 30.7 Å². The number of nitrogens with zero attached hydrogens (tertiary/aromatic N) is 1. The standard InChI is InChI=1S/C20H33NO2Si2/c1-14(2)25(15(3)4)18-12-17(24(6,7)8)11-16-9-10-20(18,13-23-25)19(22)21(16)5/h9-10,14-16H,11,13H2,1-8H3. The van der Waals surface area contributed by atoms with E-state index >= 15 is 0 Å².